The van der Waals surface area contributed by atoms with Crippen LogP contribution < -0.4 is 0 Å². The first-order valence-corrected chi connectivity index (χ1v) is 4.37. The molecule has 0 saturated heterocycles. The Labute approximate surface area is 80.1 Å². The van der Waals surface area contributed by atoms with E-state index >= 15 is 0 Å². The summed E-state index contributed by atoms with van der Waals surface area (Å²) in [5.41, 5.74) is -0.289. The second-order valence-electron chi connectivity index (χ2n) is 3.39. The Morgan fingerprint density at radius 2 is 2.38 bits per heavy atom. The molecule has 1 aromatic rings. The van der Waals surface area contributed by atoms with Gasteiger partial charge in [0.15, 0.2) is 0 Å². The lowest BCUT2D eigenvalue weighted by Crippen LogP contribution is -2.20. The van der Waals surface area contributed by atoms with Crippen LogP contribution in [0.25, 0.3) is 0 Å². The van der Waals surface area contributed by atoms with Gasteiger partial charge in [0.25, 0.3) is 0 Å². The van der Waals surface area contributed by atoms with Crippen molar-refractivity contribution in [3.05, 3.63) is 16.9 Å². The number of rotatable bonds is 2. The number of hydrogen-bond acceptors (Lipinski definition) is 2. The largest absolute Gasteiger partial charge is 0.481 e. The number of aliphatic carboxylic acids is 1. The molecule has 0 amide bonds. The smallest absolute Gasteiger partial charge is 0.315 e. The van der Waals surface area contributed by atoms with Crippen molar-refractivity contribution < 1.29 is 9.90 Å². The second kappa shape index (κ2) is 2.48. The zero-order valence-corrected chi connectivity index (χ0v) is 7.88. The molecule has 0 spiro atoms. The van der Waals surface area contributed by atoms with Crippen LogP contribution in [0.1, 0.15) is 18.5 Å². The van der Waals surface area contributed by atoms with E-state index in [1.807, 2.05) is 0 Å². The second-order valence-corrected chi connectivity index (χ2v) is 3.79. The minimum absolute atomic E-state index is 0.447. The normalized spacial score (nSPS) is 18.6. The van der Waals surface area contributed by atoms with Crippen LogP contribution in [0.2, 0.25) is 5.02 Å². The summed E-state index contributed by atoms with van der Waals surface area (Å²) in [4.78, 5) is 10.9. The van der Waals surface area contributed by atoms with Gasteiger partial charge in [0.05, 0.1) is 10.7 Å². The molecule has 1 aliphatic rings. The van der Waals surface area contributed by atoms with Crippen molar-refractivity contribution in [2.24, 2.45) is 7.05 Å². The van der Waals surface area contributed by atoms with E-state index in [1.165, 1.54) is 0 Å². The minimum atomic E-state index is -0.826. The van der Waals surface area contributed by atoms with Gasteiger partial charge in [-0.15, -0.1) is 0 Å². The van der Waals surface area contributed by atoms with E-state index < -0.39 is 11.4 Å². The summed E-state index contributed by atoms with van der Waals surface area (Å²) in [6, 6.07) is 0. The van der Waals surface area contributed by atoms with Crippen LogP contribution in [0.3, 0.4) is 0 Å². The SMILES string of the molecule is Cn1cc(Cl)c(C2(C(=O)O)CC2)n1. The molecule has 1 fully saturated rings. The molecule has 1 N–H and O–H groups in total. The van der Waals surface area contributed by atoms with Gasteiger partial charge in [-0.2, -0.15) is 5.10 Å². The zero-order chi connectivity index (χ0) is 9.64. The Balaban J connectivity index is 2.46. The molecule has 0 radical (unpaired) electrons. The first kappa shape index (κ1) is 8.56. The predicted octanol–water partition coefficient (Wildman–Crippen LogP) is 1.19. The van der Waals surface area contributed by atoms with Gasteiger partial charge in [-0.05, 0) is 12.8 Å². The van der Waals surface area contributed by atoms with Crippen molar-refractivity contribution in [3.8, 4) is 0 Å². The van der Waals surface area contributed by atoms with E-state index in [9.17, 15) is 4.79 Å². The molecular weight excluding hydrogens is 192 g/mol. The van der Waals surface area contributed by atoms with Gasteiger partial charge < -0.3 is 5.11 Å². The number of carboxylic acids is 1. The first-order valence-electron chi connectivity index (χ1n) is 3.99. The Bertz CT molecular complexity index is 368. The summed E-state index contributed by atoms with van der Waals surface area (Å²) < 4.78 is 1.54. The third-order valence-corrected chi connectivity index (χ3v) is 2.67. The van der Waals surface area contributed by atoms with E-state index in [1.54, 1.807) is 17.9 Å². The molecule has 1 heterocycles. The number of carboxylic acid groups (broad SMARTS) is 1. The molecule has 0 unspecified atom stereocenters. The molecule has 1 aliphatic carbocycles. The van der Waals surface area contributed by atoms with E-state index in [4.69, 9.17) is 16.7 Å². The van der Waals surface area contributed by atoms with Crippen molar-refractivity contribution in [1.29, 1.82) is 0 Å². The number of halogens is 1. The Morgan fingerprint density at radius 3 is 2.69 bits per heavy atom. The van der Waals surface area contributed by atoms with Crippen LogP contribution in [-0.4, -0.2) is 20.9 Å². The van der Waals surface area contributed by atoms with Crippen LogP contribution >= 0.6 is 11.6 Å². The van der Waals surface area contributed by atoms with Gasteiger partial charge in [0.1, 0.15) is 5.41 Å². The van der Waals surface area contributed by atoms with Crippen LogP contribution in [0.5, 0.6) is 0 Å². The fraction of sp³-hybridized carbons (Fsp3) is 0.500. The van der Waals surface area contributed by atoms with Gasteiger partial charge in [-0.1, -0.05) is 11.6 Å². The zero-order valence-electron chi connectivity index (χ0n) is 7.12. The lowest BCUT2D eigenvalue weighted by molar-refractivity contribution is -0.140. The predicted molar refractivity (Wildman–Crippen MR) is 46.8 cm³/mol. The average molecular weight is 201 g/mol. The molecule has 0 bridgehead atoms. The summed E-state index contributed by atoms with van der Waals surface area (Å²) in [7, 11) is 1.73. The highest BCUT2D eigenvalue weighted by Crippen LogP contribution is 2.49. The molecule has 0 atom stereocenters. The number of nitrogens with zero attached hydrogens (tertiary/aromatic N) is 2. The molecule has 5 heteroatoms. The average Bonchev–Trinajstić information content (AvgIpc) is 2.75. The van der Waals surface area contributed by atoms with Gasteiger partial charge >= 0.3 is 5.97 Å². The molecule has 0 aliphatic heterocycles. The van der Waals surface area contributed by atoms with Crippen molar-refractivity contribution in [2.75, 3.05) is 0 Å². The number of aryl methyl sites for hydroxylation is 1. The number of aromatic nitrogens is 2. The van der Waals surface area contributed by atoms with Crippen molar-refractivity contribution >= 4 is 17.6 Å². The molecule has 2 rings (SSSR count). The molecule has 1 saturated carbocycles. The number of carbonyl (C=O) groups is 1. The molecule has 13 heavy (non-hydrogen) atoms. The van der Waals surface area contributed by atoms with Gasteiger partial charge in [0.2, 0.25) is 0 Å². The quantitative estimate of drug-likeness (QED) is 0.780. The Morgan fingerprint density at radius 1 is 1.77 bits per heavy atom. The van der Waals surface area contributed by atoms with Gasteiger partial charge in [-0.3, -0.25) is 9.48 Å². The maximum atomic E-state index is 10.9. The maximum Gasteiger partial charge on any atom is 0.315 e. The van der Waals surface area contributed by atoms with Crippen molar-refractivity contribution in [3.63, 3.8) is 0 Å². The lowest BCUT2D eigenvalue weighted by atomic mass is 10.0. The Hall–Kier alpha value is -1.03. The summed E-state index contributed by atoms with van der Waals surface area (Å²) in [5.74, 6) is -0.826. The maximum absolute atomic E-state index is 10.9. The number of hydrogen-bond donors (Lipinski definition) is 1. The van der Waals surface area contributed by atoms with E-state index in [2.05, 4.69) is 5.10 Å². The van der Waals surface area contributed by atoms with Crippen LogP contribution in [0.4, 0.5) is 0 Å². The third kappa shape index (κ3) is 1.13. The summed E-state index contributed by atoms with van der Waals surface area (Å²) in [5, 5.41) is 13.5. The summed E-state index contributed by atoms with van der Waals surface area (Å²) in [6.45, 7) is 0. The third-order valence-electron chi connectivity index (χ3n) is 2.40. The van der Waals surface area contributed by atoms with E-state index in [-0.39, 0.29) is 0 Å². The molecule has 4 nitrogen and oxygen atoms in total. The molecular formula is C8H9ClN2O2. The fourth-order valence-electron chi connectivity index (χ4n) is 1.46. The van der Waals surface area contributed by atoms with Crippen LogP contribution in [0.15, 0.2) is 6.20 Å². The standard InChI is InChI=1S/C8H9ClN2O2/c1-11-4-5(9)6(10-11)8(2-3-8)7(12)13/h4H,2-3H2,1H3,(H,12,13). The minimum Gasteiger partial charge on any atom is -0.481 e. The monoisotopic (exact) mass is 200 g/mol. The summed E-state index contributed by atoms with van der Waals surface area (Å²) >= 11 is 5.87. The van der Waals surface area contributed by atoms with Crippen LogP contribution in [-0.2, 0) is 17.3 Å². The highest BCUT2D eigenvalue weighted by Gasteiger charge is 2.54. The van der Waals surface area contributed by atoms with Gasteiger partial charge in [0, 0.05) is 13.2 Å². The van der Waals surface area contributed by atoms with Crippen LogP contribution in [0, 0.1) is 0 Å². The van der Waals surface area contributed by atoms with E-state index in [0.717, 1.165) is 0 Å². The van der Waals surface area contributed by atoms with Crippen molar-refractivity contribution in [2.45, 2.75) is 18.3 Å². The fourth-order valence-corrected chi connectivity index (χ4v) is 1.82. The summed E-state index contributed by atoms with van der Waals surface area (Å²) in [6.07, 6.45) is 2.90. The van der Waals surface area contributed by atoms with Crippen molar-refractivity contribution in [1.82, 2.24) is 9.78 Å². The molecule has 0 aromatic carbocycles. The first-order chi connectivity index (χ1) is 6.06. The molecule has 1 aromatic heterocycles. The highest BCUT2D eigenvalue weighted by molar-refractivity contribution is 6.31. The topological polar surface area (TPSA) is 55.1 Å². The molecule has 70 valence electrons. The van der Waals surface area contributed by atoms with E-state index in [0.29, 0.717) is 23.6 Å². The van der Waals surface area contributed by atoms with Gasteiger partial charge in [-0.25, -0.2) is 0 Å². The Kier molecular flexibility index (Phi) is 1.63. The lowest BCUT2D eigenvalue weighted by Gasteiger charge is -2.05. The highest BCUT2D eigenvalue weighted by atomic mass is 35.5.